The zero-order valence-corrected chi connectivity index (χ0v) is 23.8. The normalized spacial score (nSPS) is 31.2. The molecule has 1 aliphatic carbocycles. The first-order chi connectivity index (χ1) is 18.1. The Labute approximate surface area is 227 Å². The maximum absolute atomic E-state index is 14.4. The van der Waals surface area contributed by atoms with E-state index in [0.29, 0.717) is 51.2 Å². The van der Waals surface area contributed by atoms with Crippen molar-refractivity contribution in [1.82, 2.24) is 14.8 Å². The molecular formula is C30H45N3O5. The van der Waals surface area contributed by atoms with E-state index in [1.807, 2.05) is 18.0 Å². The number of methoxy groups -OCH3 is 1. The molecule has 4 aliphatic rings. The number of rotatable bonds is 5. The third-order valence-electron chi connectivity index (χ3n) is 9.12. The van der Waals surface area contributed by atoms with Crippen molar-refractivity contribution >= 4 is 12.0 Å². The standard InChI is InChI=1S/C30H45N3O5/c1-20-10-23-15-32(8-6-25(23)31-14-20)27(34)30-13-21(11-22-7-9-37-17-26(22)36-5)12-24(30)16-33(18-30)28(35)38-19-29(2,3)4/h10,14,21-22,24,26H,6-9,11-13,15-19H2,1-5H3/t21-,22?,24+,26?,30+/m1/s1. The summed E-state index contributed by atoms with van der Waals surface area (Å²) in [4.78, 5) is 36.0. The van der Waals surface area contributed by atoms with Gasteiger partial charge in [0.1, 0.15) is 0 Å². The number of pyridine rings is 1. The molecule has 38 heavy (non-hydrogen) atoms. The summed E-state index contributed by atoms with van der Waals surface area (Å²) in [5.74, 6) is 1.26. The monoisotopic (exact) mass is 527 g/mol. The molecule has 8 nitrogen and oxygen atoms in total. The number of fused-ring (bicyclic) bond motifs is 2. The molecule has 3 fully saturated rings. The second-order valence-electron chi connectivity index (χ2n) is 13.4. The smallest absolute Gasteiger partial charge is 0.409 e. The topological polar surface area (TPSA) is 81.2 Å². The second kappa shape index (κ2) is 10.8. The van der Waals surface area contributed by atoms with E-state index in [1.165, 1.54) is 0 Å². The lowest BCUT2D eigenvalue weighted by Gasteiger charge is -2.37. The number of ether oxygens (including phenoxy) is 3. The summed E-state index contributed by atoms with van der Waals surface area (Å²) in [7, 11) is 1.77. The first kappa shape index (κ1) is 27.4. The van der Waals surface area contributed by atoms with E-state index in [-0.39, 0.29) is 29.4 Å². The van der Waals surface area contributed by atoms with Crippen molar-refractivity contribution in [3.63, 3.8) is 0 Å². The minimum Gasteiger partial charge on any atom is -0.449 e. The van der Waals surface area contributed by atoms with Crippen molar-refractivity contribution in [3.8, 4) is 0 Å². The van der Waals surface area contributed by atoms with Gasteiger partial charge >= 0.3 is 6.09 Å². The van der Waals surface area contributed by atoms with Gasteiger partial charge in [0.15, 0.2) is 0 Å². The molecule has 5 rings (SSSR count). The number of carbonyl (C=O) groups is 2. The Hall–Kier alpha value is -2.19. The van der Waals surface area contributed by atoms with E-state index < -0.39 is 5.41 Å². The molecule has 0 aromatic carbocycles. The average Bonchev–Trinajstić information content (AvgIpc) is 3.41. The fourth-order valence-corrected chi connectivity index (χ4v) is 7.27. The van der Waals surface area contributed by atoms with Crippen LogP contribution in [0, 0.1) is 35.5 Å². The highest BCUT2D eigenvalue weighted by atomic mass is 16.6. The fourth-order valence-electron chi connectivity index (χ4n) is 7.27. The van der Waals surface area contributed by atoms with Crippen LogP contribution in [0.25, 0.3) is 0 Å². The Kier molecular flexibility index (Phi) is 7.75. The highest BCUT2D eigenvalue weighted by Crippen LogP contribution is 2.54. The molecule has 210 valence electrons. The first-order valence-corrected chi connectivity index (χ1v) is 14.3. The lowest BCUT2D eigenvalue weighted by molar-refractivity contribution is -0.144. The average molecular weight is 528 g/mol. The summed E-state index contributed by atoms with van der Waals surface area (Å²) < 4.78 is 17.1. The predicted octanol–water partition coefficient (Wildman–Crippen LogP) is 4.23. The van der Waals surface area contributed by atoms with Gasteiger partial charge in [0.2, 0.25) is 5.91 Å². The number of aromatic nitrogens is 1. The van der Waals surface area contributed by atoms with Crippen LogP contribution in [-0.4, -0.2) is 79.5 Å². The van der Waals surface area contributed by atoms with E-state index in [0.717, 1.165) is 55.5 Å². The molecule has 0 radical (unpaired) electrons. The SMILES string of the molecule is COC1COCCC1C[C@@H]1C[C@H]2CN(C(=O)OCC(C)(C)C)C[C@@]2(C(=O)N2CCc3ncc(C)cc3C2)C1. The van der Waals surface area contributed by atoms with Crippen LogP contribution in [0.2, 0.25) is 0 Å². The van der Waals surface area contributed by atoms with Crippen LogP contribution >= 0.6 is 0 Å². The quantitative estimate of drug-likeness (QED) is 0.570. The number of likely N-dealkylation sites (tertiary alicyclic amines) is 1. The van der Waals surface area contributed by atoms with Gasteiger partial charge < -0.3 is 24.0 Å². The van der Waals surface area contributed by atoms with Crippen LogP contribution in [-0.2, 0) is 32.0 Å². The second-order valence-corrected chi connectivity index (χ2v) is 13.4. The Balaban J connectivity index is 1.35. The molecule has 1 aromatic rings. The summed E-state index contributed by atoms with van der Waals surface area (Å²) in [6.07, 6.45) is 6.36. The van der Waals surface area contributed by atoms with Crippen molar-refractivity contribution in [2.45, 2.75) is 72.4 Å². The van der Waals surface area contributed by atoms with Crippen LogP contribution in [0.15, 0.2) is 12.3 Å². The molecule has 2 unspecified atom stereocenters. The predicted molar refractivity (Wildman–Crippen MR) is 143 cm³/mol. The molecule has 0 spiro atoms. The van der Waals surface area contributed by atoms with Gasteiger partial charge in [-0.15, -0.1) is 0 Å². The largest absolute Gasteiger partial charge is 0.449 e. The maximum atomic E-state index is 14.4. The van der Waals surface area contributed by atoms with Gasteiger partial charge in [-0.2, -0.15) is 0 Å². The molecule has 3 aliphatic heterocycles. The van der Waals surface area contributed by atoms with Crippen molar-refractivity contribution in [2.75, 3.05) is 46.6 Å². The molecule has 2 saturated heterocycles. The number of amides is 2. The highest BCUT2D eigenvalue weighted by molar-refractivity contribution is 5.85. The zero-order valence-electron chi connectivity index (χ0n) is 23.8. The van der Waals surface area contributed by atoms with E-state index >= 15 is 0 Å². The molecule has 0 bridgehead atoms. The van der Waals surface area contributed by atoms with Crippen LogP contribution in [0.5, 0.6) is 0 Å². The number of carbonyl (C=O) groups excluding carboxylic acids is 2. The molecule has 1 aromatic heterocycles. The van der Waals surface area contributed by atoms with E-state index in [9.17, 15) is 9.59 Å². The summed E-state index contributed by atoms with van der Waals surface area (Å²) in [5, 5.41) is 0. The minimum absolute atomic E-state index is 0.0984. The fraction of sp³-hybridized carbons (Fsp3) is 0.767. The van der Waals surface area contributed by atoms with Gasteiger partial charge in [0, 0.05) is 58.2 Å². The van der Waals surface area contributed by atoms with Crippen LogP contribution in [0.3, 0.4) is 0 Å². The van der Waals surface area contributed by atoms with Gasteiger partial charge in [-0.25, -0.2) is 4.79 Å². The zero-order chi connectivity index (χ0) is 27.1. The number of hydrogen-bond donors (Lipinski definition) is 0. The summed E-state index contributed by atoms with van der Waals surface area (Å²) in [6, 6.07) is 2.16. The lowest BCUT2D eigenvalue weighted by atomic mass is 9.78. The number of hydrogen-bond acceptors (Lipinski definition) is 6. The number of nitrogens with zero attached hydrogens (tertiary/aromatic N) is 3. The van der Waals surface area contributed by atoms with Gasteiger partial charge in [-0.05, 0) is 66.9 Å². The van der Waals surface area contributed by atoms with Crippen molar-refractivity contribution < 1.29 is 23.8 Å². The van der Waals surface area contributed by atoms with E-state index in [2.05, 4.69) is 31.8 Å². The minimum atomic E-state index is -0.548. The number of aryl methyl sites for hydroxylation is 1. The summed E-state index contributed by atoms with van der Waals surface area (Å²) in [5.41, 5.74) is 2.72. The maximum Gasteiger partial charge on any atom is 0.409 e. The van der Waals surface area contributed by atoms with Gasteiger partial charge in [0.05, 0.1) is 24.7 Å². The molecular weight excluding hydrogens is 482 g/mol. The third-order valence-corrected chi connectivity index (χ3v) is 9.12. The van der Waals surface area contributed by atoms with Crippen molar-refractivity contribution in [1.29, 1.82) is 0 Å². The van der Waals surface area contributed by atoms with Crippen molar-refractivity contribution in [2.24, 2.45) is 28.6 Å². The third kappa shape index (κ3) is 5.57. The van der Waals surface area contributed by atoms with E-state index in [4.69, 9.17) is 14.2 Å². The Morgan fingerprint density at radius 2 is 2.08 bits per heavy atom. The Morgan fingerprint density at radius 1 is 1.26 bits per heavy atom. The summed E-state index contributed by atoms with van der Waals surface area (Å²) >= 11 is 0. The molecule has 5 atom stereocenters. The Morgan fingerprint density at radius 3 is 2.84 bits per heavy atom. The van der Waals surface area contributed by atoms with Gasteiger partial charge in [-0.3, -0.25) is 9.78 Å². The summed E-state index contributed by atoms with van der Waals surface area (Å²) in [6.45, 7) is 12.3. The van der Waals surface area contributed by atoms with Crippen LogP contribution in [0.4, 0.5) is 4.79 Å². The molecule has 1 saturated carbocycles. The van der Waals surface area contributed by atoms with Crippen molar-refractivity contribution in [3.05, 3.63) is 29.1 Å². The Bertz CT molecular complexity index is 1040. The van der Waals surface area contributed by atoms with Crippen LogP contribution < -0.4 is 0 Å². The highest BCUT2D eigenvalue weighted by Gasteiger charge is 2.60. The van der Waals surface area contributed by atoms with Crippen LogP contribution in [0.1, 0.15) is 63.3 Å². The van der Waals surface area contributed by atoms with Gasteiger partial charge in [-0.1, -0.05) is 26.8 Å². The molecule has 4 heterocycles. The molecule has 8 heteroatoms. The van der Waals surface area contributed by atoms with E-state index in [1.54, 1.807) is 12.0 Å². The lowest BCUT2D eigenvalue weighted by Crippen LogP contribution is -2.49. The molecule has 0 N–H and O–H groups in total. The first-order valence-electron chi connectivity index (χ1n) is 14.3. The molecule has 2 amide bonds. The van der Waals surface area contributed by atoms with Gasteiger partial charge in [0.25, 0.3) is 0 Å².